The molecule has 0 spiro atoms. The molecule has 0 saturated carbocycles. The smallest absolute Gasteiger partial charge is 0.0668 e. The number of nitrogens with two attached hydrogens (primary N) is 1. The summed E-state index contributed by atoms with van der Waals surface area (Å²) < 4.78 is 1.94. The Hall–Kier alpha value is -0.580. The second-order valence-corrected chi connectivity index (χ2v) is 2.74. The summed E-state index contributed by atoms with van der Waals surface area (Å²) in [5, 5.41) is 0. The predicted molar refractivity (Wildman–Crippen MR) is 56.9 cm³/mol. The minimum atomic E-state index is 0.780. The topological polar surface area (TPSA) is 38.4 Å². The minimum absolute atomic E-state index is 0.780. The van der Waals surface area contributed by atoms with Crippen molar-refractivity contribution in [3.8, 4) is 0 Å². The van der Waals surface area contributed by atoms with Gasteiger partial charge in [-0.05, 0) is 16.2 Å². The summed E-state index contributed by atoms with van der Waals surface area (Å²) in [7, 11) is 1.76. The van der Waals surface area contributed by atoms with Gasteiger partial charge in [-0.1, -0.05) is 28.7 Å². The lowest BCUT2D eigenvalue weighted by atomic mass is 10.0. The van der Waals surface area contributed by atoms with E-state index in [-0.39, 0.29) is 0 Å². The van der Waals surface area contributed by atoms with Gasteiger partial charge in [-0.15, -0.1) is 0 Å². The molecular formula is C8H9IN2. The van der Waals surface area contributed by atoms with Crippen LogP contribution in [0.5, 0.6) is 0 Å². The highest BCUT2D eigenvalue weighted by Gasteiger charge is 2.07. The third-order valence-corrected chi connectivity index (χ3v) is 2.09. The van der Waals surface area contributed by atoms with Crippen LogP contribution in [-0.2, 0) is 0 Å². The molecule has 1 aliphatic rings. The summed E-state index contributed by atoms with van der Waals surface area (Å²) in [6.07, 6.45) is 5.72. The van der Waals surface area contributed by atoms with E-state index in [9.17, 15) is 0 Å². The number of allylic oxidation sites excluding steroid dienone is 4. The van der Waals surface area contributed by atoms with Crippen LogP contribution in [0.3, 0.4) is 0 Å². The van der Waals surface area contributed by atoms with E-state index in [4.69, 9.17) is 5.73 Å². The van der Waals surface area contributed by atoms with Crippen molar-refractivity contribution < 1.29 is 0 Å². The monoisotopic (exact) mass is 260 g/mol. The van der Waals surface area contributed by atoms with Gasteiger partial charge in [0.25, 0.3) is 0 Å². The van der Waals surface area contributed by atoms with E-state index in [1.54, 1.807) is 7.05 Å². The van der Waals surface area contributed by atoms with E-state index >= 15 is 0 Å². The van der Waals surface area contributed by atoms with Crippen LogP contribution in [0.15, 0.2) is 38.6 Å². The molecule has 0 bridgehead atoms. The highest BCUT2D eigenvalue weighted by Crippen LogP contribution is 2.14. The second kappa shape index (κ2) is 3.71. The van der Waals surface area contributed by atoms with Crippen LogP contribution in [0.2, 0.25) is 0 Å². The number of hydrogen-bond acceptors (Lipinski definition) is 2. The van der Waals surface area contributed by atoms with E-state index in [0.29, 0.717) is 0 Å². The summed E-state index contributed by atoms with van der Waals surface area (Å²) in [6.45, 7) is 0. The van der Waals surface area contributed by atoms with Crippen LogP contribution >= 0.6 is 22.6 Å². The molecule has 11 heavy (non-hydrogen) atoms. The van der Waals surface area contributed by atoms with Crippen LogP contribution in [0, 0.1) is 0 Å². The van der Waals surface area contributed by atoms with Crippen molar-refractivity contribution in [1.29, 1.82) is 0 Å². The average Bonchev–Trinajstić information content (AvgIpc) is 2.04. The van der Waals surface area contributed by atoms with Gasteiger partial charge in [0.05, 0.1) is 5.71 Å². The Morgan fingerprint density at radius 1 is 1.64 bits per heavy atom. The first-order valence-corrected chi connectivity index (χ1v) is 4.46. The van der Waals surface area contributed by atoms with Crippen LogP contribution in [-0.4, -0.2) is 12.8 Å². The van der Waals surface area contributed by atoms with Crippen LogP contribution in [0.25, 0.3) is 0 Å². The first-order valence-electron chi connectivity index (χ1n) is 3.21. The van der Waals surface area contributed by atoms with Gasteiger partial charge in [0.1, 0.15) is 0 Å². The molecule has 0 radical (unpaired) electrons. The molecule has 1 aliphatic carbocycles. The van der Waals surface area contributed by atoms with Crippen molar-refractivity contribution in [1.82, 2.24) is 0 Å². The molecule has 1 rings (SSSR count). The van der Waals surface area contributed by atoms with Gasteiger partial charge in [0.15, 0.2) is 0 Å². The fourth-order valence-electron chi connectivity index (χ4n) is 0.884. The minimum Gasteiger partial charge on any atom is -0.398 e. The first-order chi connectivity index (χ1) is 5.29. The highest BCUT2D eigenvalue weighted by molar-refractivity contribution is 14.1. The van der Waals surface area contributed by atoms with Crippen molar-refractivity contribution in [3.63, 3.8) is 0 Å². The van der Waals surface area contributed by atoms with E-state index in [1.807, 2.05) is 22.3 Å². The molecule has 0 heterocycles. The van der Waals surface area contributed by atoms with Gasteiger partial charge in [-0.25, -0.2) is 0 Å². The molecule has 0 fully saturated rings. The second-order valence-electron chi connectivity index (χ2n) is 2.11. The molecule has 3 heteroatoms. The molecule has 0 saturated heterocycles. The molecule has 0 atom stereocenters. The highest BCUT2D eigenvalue weighted by atomic mass is 127. The lowest BCUT2D eigenvalue weighted by Crippen LogP contribution is -2.11. The lowest BCUT2D eigenvalue weighted by Gasteiger charge is -2.09. The molecule has 0 aliphatic heterocycles. The third-order valence-electron chi connectivity index (χ3n) is 1.47. The molecule has 0 aromatic carbocycles. The van der Waals surface area contributed by atoms with Crippen molar-refractivity contribution in [2.45, 2.75) is 0 Å². The maximum absolute atomic E-state index is 5.71. The molecule has 2 nitrogen and oxygen atoms in total. The Bertz CT molecular complexity index is 272. The lowest BCUT2D eigenvalue weighted by molar-refractivity contribution is 1.34. The van der Waals surface area contributed by atoms with Crippen LogP contribution < -0.4 is 5.73 Å². The van der Waals surface area contributed by atoms with E-state index in [2.05, 4.69) is 27.6 Å². The molecule has 0 amide bonds. The van der Waals surface area contributed by atoms with Crippen molar-refractivity contribution >= 4 is 28.3 Å². The maximum atomic E-state index is 5.71. The normalized spacial score (nSPS) is 24.4. The third kappa shape index (κ3) is 1.71. The zero-order valence-electron chi connectivity index (χ0n) is 6.21. The Morgan fingerprint density at radius 3 is 2.82 bits per heavy atom. The van der Waals surface area contributed by atoms with E-state index < -0.39 is 0 Å². The zero-order valence-corrected chi connectivity index (χ0v) is 8.37. The van der Waals surface area contributed by atoms with Crippen molar-refractivity contribution in [3.05, 3.63) is 33.6 Å². The fourth-order valence-corrected chi connectivity index (χ4v) is 1.56. The summed E-state index contributed by atoms with van der Waals surface area (Å²) in [5.41, 5.74) is 8.45. The van der Waals surface area contributed by atoms with Gasteiger partial charge in [-0.3, -0.25) is 4.99 Å². The average molecular weight is 260 g/mol. The standard InChI is InChI=1S/C8H9IN2/c1-11-8-4-2-3-7(10)6(8)5-9/h2-5H,10H2,1H3/b6-5-,11-8?. The molecule has 0 aromatic rings. The van der Waals surface area contributed by atoms with Crippen molar-refractivity contribution in [2.75, 3.05) is 7.05 Å². The summed E-state index contributed by atoms with van der Waals surface area (Å²) in [5.74, 6) is 0. The Balaban J connectivity index is 3.08. The number of rotatable bonds is 0. The van der Waals surface area contributed by atoms with Gasteiger partial charge < -0.3 is 5.73 Å². The van der Waals surface area contributed by atoms with Crippen LogP contribution in [0.1, 0.15) is 0 Å². The van der Waals surface area contributed by atoms with Gasteiger partial charge >= 0.3 is 0 Å². The summed E-state index contributed by atoms with van der Waals surface area (Å²) in [4.78, 5) is 4.09. The quantitative estimate of drug-likeness (QED) is 0.662. The van der Waals surface area contributed by atoms with E-state index in [0.717, 1.165) is 17.0 Å². The number of hydrogen-bond donors (Lipinski definition) is 1. The number of aliphatic imine (C=N–C) groups is 1. The Labute approximate surface area is 79.7 Å². The Morgan fingerprint density at radius 2 is 2.36 bits per heavy atom. The molecule has 2 N–H and O–H groups in total. The SMILES string of the molecule is CN=C1C=CC=C(N)/C1=C/I. The van der Waals surface area contributed by atoms with Gasteiger partial charge in [0, 0.05) is 18.3 Å². The summed E-state index contributed by atoms with van der Waals surface area (Å²) in [6, 6.07) is 0. The molecular weight excluding hydrogens is 251 g/mol. The summed E-state index contributed by atoms with van der Waals surface area (Å²) >= 11 is 2.16. The Kier molecular flexibility index (Phi) is 2.87. The zero-order chi connectivity index (χ0) is 8.27. The van der Waals surface area contributed by atoms with Gasteiger partial charge in [-0.2, -0.15) is 0 Å². The van der Waals surface area contributed by atoms with E-state index in [1.165, 1.54) is 0 Å². The first kappa shape index (κ1) is 8.52. The van der Waals surface area contributed by atoms with Crippen molar-refractivity contribution in [2.24, 2.45) is 10.7 Å². The number of nitrogens with zero attached hydrogens (tertiary/aromatic N) is 1. The number of halogens is 1. The van der Waals surface area contributed by atoms with Gasteiger partial charge in [0.2, 0.25) is 0 Å². The molecule has 0 aromatic heterocycles. The predicted octanol–water partition coefficient (Wildman–Crippen LogP) is 1.79. The fraction of sp³-hybridized carbons (Fsp3) is 0.125. The molecule has 0 unspecified atom stereocenters. The van der Waals surface area contributed by atoms with Crippen LogP contribution in [0.4, 0.5) is 0 Å². The molecule has 58 valence electrons. The maximum Gasteiger partial charge on any atom is 0.0668 e. The largest absolute Gasteiger partial charge is 0.398 e.